The standard InChI is InChI=1S/C14H21ClN2OS/c15-9-12-10-19-14(17-12)8-13(18)16-7-3-6-11-4-1-2-5-11/h10-11H,1-9H2,(H,16,18). The number of nitrogens with one attached hydrogen (secondary N) is 1. The largest absolute Gasteiger partial charge is 0.356 e. The van der Waals surface area contributed by atoms with Gasteiger partial charge in [0.25, 0.3) is 0 Å². The van der Waals surface area contributed by atoms with Gasteiger partial charge >= 0.3 is 0 Å². The molecule has 0 aliphatic heterocycles. The Morgan fingerprint density at radius 3 is 2.95 bits per heavy atom. The molecule has 1 amide bonds. The van der Waals surface area contributed by atoms with Crippen molar-refractivity contribution in [3.8, 4) is 0 Å². The molecule has 0 unspecified atom stereocenters. The van der Waals surface area contributed by atoms with Crippen molar-refractivity contribution in [1.29, 1.82) is 0 Å². The zero-order chi connectivity index (χ0) is 13.5. The van der Waals surface area contributed by atoms with Crippen LogP contribution >= 0.6 is 22.9 Å². The van der Waals surface area contributed by atoms with Crippen molar-refractivity contribution in [3.05, 3.63) is 16.1 Å². The van der Waals surface area contributed by atoms with Gasteiger partial charge < -0.3 is 5.32 Å². The number of carbonyl (C=O) groups is 1. The zero-order valence-corrected chi connectivity index (χ0v) is 12.7. The van der Waals surface area contributed by atoms with Crippen LogP contribution in [0.1, 0.15) is 49.2 Å². The maximum Gasteiger partial charge on any atom is 0.226 e. The molecule has 1 aromatic rings. The minimum absolute atomic E-state index is 0.0712. The lowest BCUT2D eigenvalue weighted by Gasteiger charge is -2.08. The first-order valence-corrected chi connectivity index (χ1v) is 8.45. The highest BCUT2D eigenvalue weighted by atomic mass is 35.5. The van der Waals surface area contributed by atoms with Crippen molar-refractivity contribution in [2.24, 2.45) is 5.92 Å². The minimum atomic E-state index is 0.0712. The number of hydrogen-bond acceptors (Lipinski definition) is 3. The molecule has 1 aliphatic rings. The molecule has 2 rings (SSSR count). The van der Waals surface area contributed by atoms with Crippen LogP contribution < -0.4 is 5.32 Å². The fourth-order valence-electron chi connectivity index (χ4n) is 2.61. The highest BCUT2D eigenvalue weighted by molar-refractivity contribution is 7.09. The normalized spacial score (nSPS) is 15.8. The molecule has 0 spiro atoms. The van der Waals surface area contributed by atoms with Gasteiger partial charge in [0.2, 0.25) is 5.91 Å². The Labute approximate surface area is 123 Å². The number of hydrogen-bond donors (Lipinski definition) is 1. The van der Waals surface area contributed by atoms with Crippen molar-refractivity contribution in [3.63, 3.8) is 0 Å². The van der Waals surface area contributed by atoms with Gasteiger partial charge in [-0.3, -0.25) is 4.79 Å². The molecule has 1 fully saturated rings. The Kier molecular flexibility index (Phi) is 6.11. The third kappa shape index (κ3) is 5.11. The first-order valence-electron chi connectivity index (χ1n) is 7.04. The fraction of sp³-hybridized carbons (Fsp3) is 0.714. The molecule has 0 saturated heterocycles. The Morgan fingerprint density at radius 2 is 2.26 bits per heavy atom. The van der Waals surface area contributed by atoms with Gasteiger partial charge in [-0.05, 0) is 18.8 Å². The first-order chi connectivity index (χ1) is 9.28. The predicted octanol–water partition coefficient (Wildman–Crippen LogP) is 3.51. The second-order valence-electron chi connectivity index (χ2n) is 5.19. The molecule has 0 aromatic carbocycles. The van der Waals surface area contributed by atoms with E-state index in [1.54, 1.807) is 0 Å². The number of nitrogens with zero attached hydrogens (tertiary/aromatic N) is 1. The molecular weight excluding hydrogens is 280 g/mol. The Morgan fingerprint density at radius 1 is 1.47 bits per heavy atom. The van der Waals surface area contributed by atoms with E-state index in [-0.39, 0.29) is 5.91 Å². The number of alkyl halides is 1. The topological polar surface area (TPSA) is 42.0 Å². The summed E-state index contributed by atoms with van der Waals surface area (Å²) in [5.41, 5.74) is 0.857. The molecule has 3 nitrogen and oxygen atoms in total. The Bertz CT molecular complexity index is 402. The van der Waals surface area contributed by atoms with Gasteiger partial charge in [-0.1, -0.05) is 25.7 Å². The van der Waals surface area contributed by atoms with Crippen LogP contribution in [0.3, 0.4) is 0 Å². The molecule has 1 heterocycles. The summed E-state index contributed by atoms with van der Waals surface area (Å²) in [7, 11) is 0. The quantitative estimate of drug-likeness (QED) is 0.618. The monoisotopic (exact) mass is 300 g/mol. The van der Waals surface area contributed by atoms with Crippen LogP contribution in [0.2, 0.25) is 0 Å². The third-order valence-electron chi connectivity index (χ3n) is 3.63. The number of thiazole rings is 1. The van der Waals surface area contributed by atoms with Gasteiger partial charge in [-0.15, -0.1) is 22.9 Å². The average Bonchev–Trinajstić information content (AvgIpc) is 3.05. The lowest BCUT2D eigenvalue weighted by Crippen LogP contribution is -2.26. The molecule has 0 atom stereocenters. The van der Waals surface area contributed by atoms with E-state index in [9.17, 15) is 4.79 Å². The van der Waals surface area contributed by atoms with Gasteiger partial charge in [-0.2, -0.15) is 0 Å². The van der Waals surface area contributed by atoms with Crippen LogP contribution in [0.25, 0.3) is 0 Å². The number of halogens is 1. The molecule has 19 heavy (non-hydrogen) atoms. The summed E-state index contributed by atoms with van der Waals surface area (Å²) in [4.78, 5) is 16.0. The van der Waals surface area contributed by atoms with Gasteiger partial charge in [0.05, 0.1) is 18.0 Å². The molecular formula is C14H21ClN2OS. The zero-order valence-electron chi connectivity index (χ0n) is 11.2. The summed E-state index contributed by atoms with van der Waals surface area (Å²) in [6.07, 6.45) is 8.29. The molecule has 1 saturated carbocycles. The van der Waals surface area contributed by atoms with Crippen LogP contribution in [0.5, 0.6) is 0 Å². The lowest BCUT2D eigenvalue weighted by atomic mass is 10.0. The molecule has 0 radical (unpaired) electrons. The summed E-state index contributed by atoms with van der Waals surface area (Å²) in [5, 5.41) is 5.74. The molecule has 1 aromatic heterocycles. The van der Waals surface area contributed by atoms with Crippen molar-refractivity contribution < 1.29 is 4.79 Å². The lowest BCUT2D eigenvalue weighted by molar-refractivity contribution is -0.120. The molecule has 5 heteroatoms. The van der Waals surface area contributed by atoms with E-state index >= 15 is 0 Å². The van der Waals surface area contributed by atoms with Crippen LogP contribution in [0.15, 0.2) is 5.38 Å². The number of amides is 1. The number of aromatic nitrogens is 1. The predicted molar refractivity (Wildman–Crippen MR) is 79.6 cm³/mol. The van der Waals surface area contributed by atoms with E-state index in [0.717, 1.165) is 29.6 Å². The summed E-state index contributed by atoms with van der Waals surface area (Å²) >= 11 is 7.19. The van der Waals surface area contributed by atoms with Crippen molar-refractivity contribution >= 4 is 28.8 Å². The summed E-state index contributed by atoms with van der Waals surface area (Å²) in [6.45, 7) is 0.795. The Hall–Kier alpha value is -0.610. The molecule has 1 N–H and O–H groups in total. The van der Waals surface area contributed by atoms with Crippen molar-refractivity contribution in [1.82, 2.24) is 10.3 Å². The Balaban J connectivity index is 1.58. The maximum absolute atomic E-state index is 11.7. The molecule has 106 valence electrons. The van der Waals surface area contributed by atoms with E-state index in [0.29, 0.717) is 12.3 Å². The van der Waals surface area contributed by atoms with Crippen LogP contribution in [-0.2, 0) is 17.1 Å². The molecule has 0 bridgehead atoms. The number of rotatable bonds is 7. The summed E-state index contributed by atoms with van der Waals surface area (Å²) in [5.74, 6) is 1.39. The minimum Gasteiger partial charge on any atom is -0.356 e. The van der Waals surface area contributed by atoms with Crippen LogP contribution in [0.4, 0.5) is 0 Å². The van der Waals surface area contributed by atoms with E-state index in [1.807, 2.05) is 5.38 Å². The third-order valence-corrected chi connectivity index (χ3v) is 4.81. The summed E-state index contributed by atoms with van der Waals surface area (Å²) < 4.78 is 0. The highest BCUT2D eigenvalue weighted by Crippen LogP contribution is 2.28. The SMILES string of the molecule is O=C(Cc1nc(CCl)cs1)NCCCC1CCCC1. The number of carbonyl (C=O) groups excluding carboxylic acids is 1. The van der Waals surface area contributed by atoms with Crippen LogP contribution in [-0.4, -0.2) is 17.4 Å². The van der Waals surface area contributed by atoms with Crippen LogP contribution in [0, 0.1) is 5.92 Å². The van der Waals surface area contributed by atoms with Gasteiger partial charge in [-0.25, -0.2) is 4.98 Å². The second kappa shape index (κ2) is 7.85. The van der Waals surface area contributed by atoms with Crippen molar-refractivity contribution in [2.75, 3.05) is 6.54 Å². The first kappa shape index (κ1) is 14.8. The highest BCUT2D eigenvalue weighted by Gasteiger charge is 2.14. The van der Waals surface area contributed by atoms with Crippen molar-refractivity contribution in [2.45, 2.75) is 50.8 Å². The fourth-order valence-corrected chi connectivity index (χ4v) is 3.63. The molecule has 1 aliphatic carbocycles. The second-order valence-corrected chi connectivity index (χ2v) is 6.40. The van der Waals surface area contributed by atoms with Gasteiger partial charge in [0.1, 0.15) is 5.01 Å². The van der Waals surface area contributed by atoms with E-state index in [4.69, 9.17) is 11.6 Å². The average molecular weight is 301 g/mol. The smallest absolute Gasteiger partial charge is 0.226 e. The van der Waals surface area contributed by atoms with Gasteiger partial charge in [0.15, 0.2) is 0 Å². The maximum atomic E-state index is 11.7. The van der Waals surface area contributed by atoms with E-state index in [2.05, 4.69) is 10.3 Å². The van der Waals surface area contributed by atoms with E-state index in [1.165, 1.54) is 43.4 Å². The van der Waals surface area contributed by atoms with Gasteiger partial charge in [0, 0.05) is 11.9 Å². The summed E-state index contributed by atoms with van der Waals surface area (Å²) in [6, 6.07) is 0. The van der Waals surface area contributed by atoms with E-state index < -0.39 is 0 Å².